The number of nitrogens with one attached hydrogen (secondary N) is 4. The van der Waals surface area contributed by atoms with E-state index in [1.807, 2.05) is 61.7 Å². The van der Waals surface area contributed by atoms with Crippen molar-refractivity contribution in [3.63, 3.8) is 0 Å². The normalized spacial score (nSPS) is 10.4. The molecule has 33 heavy (non-hydrogen) atoms. The molecule has 0 bridgehead atoms. The number of hydrogen-bond acceptors (Lipinski definition) is 6. The number of nitrogens with zero attached hydrogens (tertiary/aromatic N) is 2. The summed E-state index contributed by atoms with van der Waals surface area (Å²) in [4.78, 5) is 31.2. The van der Waals surface area contributed by atoms with Crippen molar-refractivity contribution in [1.29, 1.82) is 0 Å². The largest absolute Gasteiger partial charge is 0.369 e. The number of aromatic nitrogens is 2. The summed E-state index contributed by atoms with van der Waals surface area (Å²) in [6.07, 6.45) is 3.46. The van der Waals surface area contributed by atoms with Gasteiger partial charge in [-0.1, -0.05) is 24.3 Å². The van der Waals surface area contributed by atoms with Crippen LogP contribution in [0.3, 0.4) is 0 Å². The Bertz CT molecular complexity index is 1080. The van der Waals surface area contributed by atoms with Crippen LogP contribution in [0.15, 0.2) is 54.7 Å². The lowest BCUT2D eigenvalue weighted by atomic mass is 10.1. The fraction of sp³-hybridized carbons (Fsp3) is 0.280. The molecule has 0 aliphatic rings. The van der Waals surface area contributed by atoms with Gasteiger partial charge in [0.25, 0.3) is 0 Å². The molecule has 1 heterocycles. The molecule has 3 rings (SSSR count). The third kappa shape index (κ3) is 7.92. The number of aryl methyl sites for hydroxylation is 1. The zero-order chi connectivity index (χ0) is 23.6. The molecule has 4 N–H and O–H groups in total. The van der Waals surface area contributed by atoms with E-state index in [0.717, 1.165) is 47.7 Å². The highest BCUT2D eigenvalue weighted by molar-refractivity contribution is 5.89. The summed E-state index contributed by atoms with van der Waals surface area (Å²) in [6.45, 7) is 6.40. The number of carbonyl (C=O) groups excluding carboxylic acids is 2. The quantitative estimate of drug-likeness (QED) is 0.375. The van der Waals surface area contributed by atoms with E-state index < -0.39 is 0 Å². The Morgan fingerprint density at radius 1 is 0.758 bits per heavy atom. The van der Waals surface area contributed by atoms with Crippen LogP contribution in [0.4, 0.5) is 23.1 Å². The van der Waals surface area contributed by atoms with Crippen LogP contribution in [-0.4, -0.2) is 34.9 Å². The van der Waals surface area contributed by atoms with Crippen molar-refractivity contribution < 1.29 is 9.59 Å². The maximum Gasteiger partial charge on any atom is 0.224 e. The minimum atomic E-state index is -0.0785. The van der Waals surface area contributed by atoms with E-state index in [2.05, 4.69) is 31.2 Å². The van der Waals surface area contributed by atoms with E-state index in [1.54, 1.807) is 0 Å². The molecule has 2 amide bonds. The third-order valence-corrected chi connectivity index (χ3v) is 4.92. The SMILES string of the molecule is CC(=O)Nc1ccc(CCNc2ncc(C)c(NCCc3ccc(NC(C)=O)cc3)n2)cc1. The highest BCUT2D eigenvalue weighted by atomic mass is 16.2. The van der Waals surface area contributed by atoms with Crippen molar-refractivity contribution in [3.8, 4) is 0 Å². The Morgan fingerprint density at radius 3 is 1.73 bits per heavy atom. The second-order valence-corrected chi connectivity index (χ2v) is 7.84. The third-order valence-electron chi connectivity index (χ3n) is 4.92. The lowest BCUT2D eigenvalue weighted by Gasteiger charge is -2.11. The van der Waals surface area contributed by atoms with Crippen LogP contribution in [-0.2, 0) is 22.4 Å². The molecule has 3 aromatic rings. The molecular weight excluding hydrogens is 416 g/mol. The monoisotopic (exact) mass is 446 g/mol. The Morgan fingerprint density at radius 2 is 1.24 bits per heavy atom. The second-order valence-electron chi connectivity index (χ2n) is 7.84. The first-order valence-electron chi connectivity index (χ1n) is 10.9. The summed E-state index contributed by atoms with van der Waals surface area (Å²) in [5, 5.41) is 12.2. The number of rotatable bonds is 10. The minimum absolute atomic E-state index is 0.0760. The van der Waals surface area contributed by atoms with Crippen LogP contribution >= 0.6 is 0 Å². The Kier molecular flexibility index (Phi) is 8.35. The molecule has 0 fully saturated rings. The molecule has 0 aliphatic carbocycles. The summed E-state index contributed by atoms with van der Waals surface area (Å²) >= 11 is 0. The number of anilines is 4. The average molecular weight is 447 g/mol. The molecule has 0 atom stereocenters. The number of benzene rings is 2. The van der Waals surface area contributed by atoms with E-state index in [0.29, 0.717) is 12.5 Å². The van der Waals surface area contributed by atoms with E-state index in [4.69, 9.17) is 0 Å². The standard InChI is InChI=1S/C25H30N6O2/c1-17-16-28-25(27-15-13-21-6-10-23(11-7-21)30-19(3)33)31-24(17)26-14-12-20-4-8-22(9-5-20)29-18(2)32/h4-11,16H,12-15H2,1-3H3,(H,29,32)(H,30,33)(H2,26,27,28,31). The maximum absolute atomic E-state index is 11.1. The van der Waals surface area contributed by atoms with Crippen molar-refractivity contribution in [2.24, 2.45) is 0 Å². The molecular formula is C25H30N6O2. The van der Waals surface area contributed by atoms with Gasteiger partial charge in [-0.25, -0.2) is 4.98 Å². The highest BCUT2D eigenvalue weighted by Crippen LogP contribution is 2.15. The van der Waals surface area contributed by atoms with Crippen LogP contribution in [0.2, 0.25) is 0 Å². The second kappa shape index (κ2) is 11.6. The summed E-state index contributed by atoms with van der Waals surface area (Å²) in [7, 11) is 0. The van der Waals surface area contributed by atoms with Crippen molar-refractivity contribution in [1.82, 2.24) is 9.97 Å². The minimum Gasteiger partial charge on any atom is -0.369 e. The van der Waals surface area contributed by atoms with Crippen molar-refractivity contribution >= 4 is 35.0 Å². The Labute approximate surface area is 194 Å². The first kappa shape index (κ1) is 23.7. The molecule has 0 radical (unpaired) electrons. The highest BCUT2D eigenvalue weighted by Gasteiger charge is 2.05. The number of hydrogen-bond donors (Lipinski definition) is 4. The van der Waals surface area contributed by atoms with Gasteiger partial charge in [-0.2, -0.15) is 4.98 Å². The van der Waals surface area contributed by atoms with Crippen LogP contribution in [0.25, 0.3) is 0 Å². The van der Waals surface area contributed by atoms with Gasteiger partial charge in [0.15, 0.2) is 0 Å². The summed E-state index contributed by atoms with van der Waals surface area (Å²) in [6, 6.07) is 15.6. The molecule has 0 spiro atoms. The Hall–Kier alpha value is -3.94. The van der Waals surface area contributed by atoms with Gasteiger partial charge in [-0.3, -0.25) is 9.59 Å². The number of amides is 2. The lowest BCUT2D eigenvalue weighted by Crippen LogP contribution is -2.12. The van der Waals surface area contributed by atoms with Crippen LogP contribution in [0.5, 0.6) is 0 Å². The fourth-order valence-corrected chi connectivity index (χ4v) is 3.27. The van der Waals surface area contributed by atoms with Gasteiger partial charge in [0.2, 0.25) is 17.8 Å². The van der Waals surface area contributed by atoms with Gasteiger partial charge in [0.1, 0.15) is 5.82 Å². The molecule has 0 saturated carbocycles. The van der Waals surface area contributed by atoms with Crippen LogP contribution in [0.1, 0.15) is 30.5 Å². The molecule has 0 saturated heterocycles. The predicted molar refractivity (Wildman–Crippen MR) is 133 cm³/mol. The van der Waals surface area contributed by atoms with E-state index in [9.17, 15) is 9.59 Å². The van der Waals surface area contributed by atoms with Crippen molar-refractivity contribution in [2.45, 2.75) is 33.6 Å². The maximum atomic E-state index is 11.1. The van der Waals surface area contributed by atoms with Crippen LogP contribution in [0, 0.1) is 6.92 Å². The predicted octanol–water partition coefficient (Wildman–Crippen LogP) is 4.01. The topological polar surface area (TPSA) is 108 Å². The lowest BCUT2D eigenvalue weighted by molar-refractivity contribution is -0.115. The molecule has 2 aromatic carbocycles. The molecule has 1 aromatic heterocycles. The molecule has 8 heteroatoms. The zero-order valence-corrected chi connectivity index (χ0v) is 19.2. The summed E-state index contributed by atoms with van der Waals surface area (Å²) in [5.41, 5.74) is 4.90. The smallest absolute Gasteiger partial charge is 0.224 e. The van der Waals surface area contributed by atoms with Gasteiger partial charge in [0, 0.05) is 50.1 Å². The summed E-state index contributed by atoms with van der Waals surface area (Å²) in [5.74, 6) is 1.23. The van der Waals surface area contributed by atoms with Crippen molar-refractivity contribution in [2.75, 3.05) is 34.4 Å². The Balaban J connectivity index is 1.47. The van der Waals surface area contributed by atoms with Gasteiger partial charge < -0.3 is 21.3 Å². The molecule has 0 aliphatic heterocycles. The van der Waals surface area contributed by atoms with Gasteiger partial charge in [-0.15, -0.1) is 0 Å². The summed E-state index contributed by atoms with van der Waals surface area (Å²) < 4.78 is 0. The molecule has 0 unspecified atom stereocenters. The first-order chi connectivity index (χ1) is 15.9. The number of carbonyl (C=O) groups is 2. The fourth-order valence-electron chi connectivity index (χ4n) is 3.27. The van der Waals surface area contributed by atoms with E-state index in [-0.39, 0.29) is 11.8 Å². The average Bonchev–Trinajstić information content (AvgIpc) is 2.77. The van der Waals surface area contributed by atoms with E-state index in [1.165, 1.54) is 19.4 Å². The first-order valence-corrected chi connectivity index (χ1v) is 10.9. The zero-order valence-electron chi connectivity index (χ0n) is 19.2. The van der Waals surface area contributed by atoms with Gasteiger partial charge >= 0.3 is 0 Å². The molecule has 172 valence electrons. The van der Waals surface area contributed by atoms with Gasteiger partial charge in [-0.05, 0) is 55.2 Å². The molecule has 8 nitrogen and oxygen atoms in total. The van der Waals surface area contributed by atoms with Gasteiger partial charge in [0.05, 0.1) is 0 Å². The van der Waals surface area contributed by atoms with Crippen molar-refractivity contribution in [3.05, 3.63) is 71.4 Å². The van der Waals surface area contributed by atoms with E-state index >= 15 is 0 Å². The van der Waals surface area contributed by atoms with Crippen LogP contribution < -0.4 is 21.3 Å².